The second-order valence-electron chi connectivity index (χ2n) is 17.0. The standard InChI is InChI=1S/C55H45Br2N3O7/c1-59-53(61)44-42-37-24-14-26-39(56)46(37)58-47(42)49-43(45(44)54(59)62)38-25-15-27-40(57)48(38)60(49)55-52(66-31-36-22-12-5-13-23-36)51(65-30-35-20-10-4-11-21-35)50(64-29-34-18-8-3-9-19-34)41(67-55)32-63-28-33-16-6-2-7-17-33/h2-27,41,50-52,55,58H,28-32H2,1H3/t41-,50-,51+,52-,55-/m1/s1. The molecule has 0 spiro atoms. The Kier molecular flexibility index (Phi) is 12.1. The Labute approximate surface area is 403 Å². The minimum atomic E-state index is -0.911. The smallest absolute Gasteiger partial charge is 0.262 e. The number of nitrogens with one attached hydrogen (secondary N) is 1. The number of H-pyrrole nitrogens is 1. The molecule has 2 aliphatic heterocycles. The Balaban J connectivity index is 1.16. The van der Waals surface area contributed by atoms with E-state index in [0.717, 1.165) is 53.0 Å². The van der Waals surface area contributed by atoms with Crippen molar-refractivity contribution in [2.24, 2.45) is 0 Å². The topological polar surface area (TPSA) is 104 Å². The molecule has 1 N–H and O–H groups in total. The maximum atomic E-state index is 14.6. The molecule has 2 aliphatic rings. The van der Waals surface area contributed by atoms with Crippen molar-refractivity contribution >= 4 is 87.3 Å². The van der Waals surface area contributed by atoms with E-state index in [1.54, 1.807) is 7.05 Å². The third-order valence-electron chi connectivity index (χ3n) is 12.9. The molecule has 0 saturated carbocycles. The van der Waals surface area contributed by atoms with Crippen LogP contribution in [-0.2, 0) is 50.1 Å². The summed E-state index contributed by atoms with van der Waals surface area (Å²) in [6.07, 6.45) is -3.84. The SMILES string of the molecule is CN1C(=O)c2c(c3c4cccc(Br)c4n([C@@H]4O[C@H](COCc5ccccc5)[C@@H](OCc5ccccc5)[C@H](OCc5ccccc5)[C@H]4OCc4ccccc4)c3c3[nH]c4c(Br)cccc4c23)C1=O. The summed E-state index contributed by atoms with van der Waals surface area (Å²) in [6.45, 7) is 1.28. The fourth-order valence-electron chi connectivity index (χ4n) is 9.77. The number of aromatic nitrogens is 2. The molecule has 1 fully saturated rings. The molecule has 0 aliphatic carbocycles. The van der Waals surface area contributed by atoms with Crippen molar-refractivity contribution < 1.29 is 33.3 Å². The van der Waals surface area contributed by atoms with Gasteiger partial charge in [-0.25, -0.2) is 0 Å². The van der Waals surface area contributed by atoms with Crippen LogP contribution in [0.5, 0.6) is 0 Å². The van der Waals surface area contributed by atoms with Crippen LogP contribution in [0.4, 0.5) is 0 Å². The van der Waals surface area contributed by atoms with E-state index in [0.29, 0.717) is 39.5 Å². The zero-order valence-electron chi connectivity index (χ0n) is 36.4. The number of imide groups is 1. The van der Waals surface area contributed by atoms with Crippen molar-refractivity contribution in [1.29, 1.82) is 0 Å². The van der Waals surface area contributed by atoms with Gasteiger partial charge in [0.05, 0.1) is 66.2 Å². The minimum absolute atomic E-state index is 0.154. The molecule has 67 heavy (non-hydrogen) atoms. The summed E-state index contributed by atoms with van der Waals surface area (Å²) < 4.78 is 39.3. The summed E-state index contributed by atoms with van der Waals surface area (Å²) in [5, 5.41) is 2.86. The highest BCUT2D eigenvalue weighted by atomic mass is 79.9. The van der Waals surface area contributed by atoms with Crippen molar-refractivity contribution in [3.8, 4) is 0 Å². The number of amides is 2. The Morgan fingerprint density at radius 2 is 1.01 bits per heavy atom. The molecule has 7 aromatic carbocycles. The first-order chi connectivity index (χ1) is 32.9. The molecule has 9 aromatic rings. The van der Waals surface area contributed by atoms with Gasteiger partial charge in [-0.2, -0.15) is 0 Å². The van der Waals surface area contributed by atoms with Crippen LogP contribution in [0.25, 0.3) is 43.6 Å². The number of hydrogen-bond acceptors (Lipinski definition) is 7. The lowest BCUT2D eigenvalue weighted by Gasteiger charge is -2.47. The molecule has 12 heteroatoms. The highest BCUT2D eigenvalue weighted by Crippen LogP contribution is 2.50. The average molecular weight is 1020 g/mol. The van der Waals surface area contributed by atoms with Gasteiger partial charge >= 0.3 is 0 Å². The molecule has 2 amide bonds. The summed E-state index contributed by atoms with van der Waals surface area (Å²) in [7, 11) is 1.55. The number of aromatic amines is 1. The first-order valence-electron chi connectivity index (χ1n) is 22.3. The van der Waals surface area contributed by atoms with Gasteiger partial charge in [-0.1, -0.05) is 146 Å². The molecule has 4 heterocycles. The molecule has 0 bridgehead atoms. The van der Waals surface area contributed by atoms with Crippen LogP contribution < -0.4 is 0 Å². The quantitative estimate of drug-likeness (QED) is 0.108. The van der Waals surface area contributed by atoms with Crippen molar-refractivity contribution in [3.63, 3.8) is 0 Å². The van der Waals surface area contributed by atoms with Gasteiger partial charge < -0.3 is 33.2 Å². The maximum absolute atomic E-state index is 14.6. The Morgan fingerprint density at radius 1 is 0.522 bits per heavy atom. The zero-order chi connectivity index (χ0) is 45.6. The molecule has 0 radical (unpaired) electrons. The fraction of sp³-hybridized carbons (Fsp3) is 0.200. The number of fused-ring (bicyclic) bond motifs is 10. The van der Waals surface area contributed by atoms with Crippen molar-refractivity contribution in [1.82, 2.24) is 14.5 Å². The van der Waals surface area contributed by atoms with Crippen LogP contribution in [0.15, 0.2) is 167 Å². The summed E-state index contributed by atoms with van der Waals surface area (Å²) in [6, 6.07) is 52.0. The monoisotopic (exact) mass is 1020 g/mol. The van der Waals surface area contributed by atoms with Crippen LogP contribution in [0.1, 0.15) is 49.2 Å². The molecule has 0 unspecified atom stereocenters. The van der Waals surface area contributed by atoms with E-state index in [2.05, 4.69) is 41.4 Å². The molecule has 11 rings (SSSR count). The van der Waals surface area contributed by atoms with Crippen molar-refractivity contribution in [2.45, 2.75) is 57.1 Å². The van der Waals surface area contributed by atoms with E-state index >= 15 is 0 Å². The second-order valence-corrected chi connectivity index (χ2v) is 18.7. The van der Waals surface area contributed by atoms with Crippen LogP contribution in [0.2, 0.25) is 0 Å². The van der Waals surface area contributed by atoms with Gasteiger partial charge in [0.2, 0.25) is 0 Å². The molecule has 5 atom stereocenters. The molecule has 2 aromatic heterocycles. The number of ether oxygens (including phenoxy) is 5. The number of para-hydroxylation sites is 2. The normalized spacial score (nSPS) is 19.6. The van der Waals surface area contributed by atoms with Gasteiger partial charge in [0.15, 0.2) is 6.23 Å². The van der Waals surface area contributed by atoms with E-state index < -0.39 is 30.6 Å². The number of benzene rings is 7. The number of hydrogen-bond donors (Lipinski definition) is 1. The summed E-state index contributed by atoms with van der Waals surface area (Å²) in [4.78, 5) is 33.8. The number of nitrogens with zero attached hydrogens (tertiary/aromatic N) is 2. The second kappa shape index (κ2) is 18.6. The highest BCUT2D eigenvalue weighted by Gasteiger charge is 2.51. The first-order valence-corrected chi connectivity index (χ1v) is 23.9. The highest BCUT2D eigenvalue weighted by molar-refractivity contribution is 9.11. The first kappa shape index (κ1) is 43.6. The van der Waals surface area contributed by atoms with Gasteiger partial charge in [-0.3, -0.25) is 14.5 Å². The minimum Gasteiger partial charge on any atom is -0.374 e. The van der Waals surface area contributed by atoms with Gasteiger partial charge in [-0.05, 0) is 66.2 Å². The van der Waals surface area contributed by atoms with Gasteiger partial charge in [0.1, 0.15) is 24.4 Å². The summed E-state index contributed by atoms with van der Waals surface area (Å²) in [5.41, 5.74) is 7.60. The zero-order valence-corrected chi connectivity index (χ0v) is 39.6. The number of carbonyl (C=O) groups is 2. The van der Waals surface area contributed by atoms with E-state index in [4.69, 9.17) is 23.7 Å². The van der Waals surface area contributed by atoms with E-state index in [9.17, 15) is 9.59 Å². The Bertz CT molecular complexity index is 3270. The molecule has 336 valence electrons. The summed E-state index contributed by atoms with van der Waals surface area (Å²) in [5.74, 6) is -0.729. The molecule has 1 saturated heterocycles. The van der Waals surface area contributed by atoms with Crippen LogP contribution in [0.3, 0.4) is 0 Å². The summed E-state index contributed by atoms with van der Waals surface area (Å²) >= 11 is 7.75. The Morgan fingerprint density at radius 3 is 1.60 bits per heavy atom. The van der Waals surface area contributed by atoms with Gasteiger partial charge in [0.25, 0.3) is 11.8 Å². The van der Waals surface area contributed by atoms with Gasteiger partial charge in [0, 0.05) is 37.5 Å². The van der Waals surface area contributed by atoms with Crippen molar-refractivity contribution in [2.75, 3.05) is 13.7 Å². The molecular formula is C55H45Br2N3O7. The fourth-order valence-corrected chi connectivity index (χ4v) is 10.8. The molecule has 10 nitrogen and oxygen atoms in total. The Hall–Kier alpha value is -5.96. The van der Waals surface area contributed by atoms with Gasteiger partial charge in [-0.15, -0.1) is 0 Å². The average Bonchev–Trinajstić information content (AvgIpc) is 3.99. The largest absolute Gasteiger partial charge is 0.374 e. The lowest BCUT2D eigenvalue weighted by Crippen LogP contribution is -2.59. The number of halogens is 2. The molecular weight excluding hydrogens is 974 g/mol. The lowest BCUT2D eigenvalue weighted by atomic mass is 9.95. The number of carbonyl (C=O) groups excluding carboxylic acids is 2. The van der Waals surface area contributed by atoms with Crippen LogP contribution in [-0.4, -0.2) is 64.3 Å². The van der Waals surface area contributed by atoms with E-state index in [1.807, 2.05) is 158 Å². The third kappa shape index (κ3) is 8.00. The van der Waals surface area contributed by atoms with Crippen LogP contribution >= 0.6 is 31.9 Å². The predicted octanol–water partition coefficient (Wildman–Crippen LogP) is 12.1. The maximum Gasteiger partial charge on any atom is 0.262 e. The van der Waals surface area contributed by atoms with Crippen LogP contribution in [0, 0.1) is 0 Å². The van der Waals surface area contributed by atoms with Crippen molar-refractivity contribution in [3.05, 3.63) is 200 Å². The number of rotatable bonds is 14. The predicted molar refractivity (Wildman–Crippen MR) is 266 cm³/mol. The van der Waals surface area contributed by atoms with E-state index in [1.165, 1.54) is 4.90 Å². The third-order valence-corrected chi connectivity index (χ3v) is 14.2. The lowest BCUT2D eigenvalue weighted by molar-refractivity contribution is -0.288. The van der Waals surface area contributed by atoms with E-state index in [-0.39, 0.29) is 38.2 Å².